The lowest BCUT2D eigenvalue weighted by Crippen LogP contribution is -2.35. The van der Waals surface area contributed by atoms with Gasteiger partial charge < -0.3 is 4.74 Å². The van der Waals surface area contributed by atoms with Crippen molar-refractivity contribution in [1.82, 2.24) is 20.6 Å². The van der Waals surface area contributed by atoms with E-state index in [0.717, 1.165) is 16.7 Å². The molecule has 0 aliphatic carbocycles. The van der Waals surface area contributed by atoms with Gasteiger partial charge in [-0.25, -0.2) is 10.2 Å². The van der Waals surface area contributed by atoms with E-state index in [9.17, 15) is 14.4 Å². The van der Waals surface area contributed by atoms with Crippen LogP contribution < -0.4 is 16.4 Å². The van der Waals surface area contributed by atoms with Gasteiger partial charge in [0.05, 0.1) is 13.7 Å². The molecule has 0 radical (unpaired) electrons. The van der Waals surface area contributed by atoms with E-state index in [1.54, 1.807) is 0 Å². The zero-order valence-electron chi connectivity index (χ0n) is 20.0. The Kier molecular flexibility index (Phi) is 9.18. The van der Waals surface area contributed by atoms with Gasteiger partial charge in [-0.1, -0.05) is 36.4 Å². The molecule has 1 aromatic heterocycles. The largest absolute Gasteiger partial charge is 0.464 e. The molecule has 0 aliphatic rings. The van der Waals surface area contributed by atoms with Gasteiger partial charge in [0.1, 0.15) is 5.69 Å². The van der Waals surface area contributed by atoms with Crippen molar-refractivity contribution < 1.29 is 14.3 Å². The monoisotopic (exact) mass is 452 g/mol. The Morgan fingerprint density at radius 1 is 0.939 bits per heavy atom. The first-order valence-electron chi connectivity index (χ1n) is 10.6. The summed E-state index contributed by atoms with van der Waals surface area (Å²) in [5.41, 5.74) is 12.4. The molecular formula is C25H32N4O4. The van der Waals surface area contributed by atoms with Crippen molar-refractivity contribution in [3.63, 3.8) is 0 Å². The second kappa shape index (κ2) is 11.8. The molecule has 33 heavy (non-hydrogen) atoms. The molecule has 0 aliphatic heterocycles. The predicted molar refractivity (Wildman–Crippen MR) is 128 cm³/mol. The van der Waals surface area contributed by atoms with Crippen molar-refractivity contribution in [1.29, 1.82) is 0 Å². The summed E-state index contributed by atoms with van der Waals surface area (Å²) in [6.07, 6.45) is 0. The maximum Gasteiger partial charge on any atom is 0.356 e. The van der Waals surface area contributed by atoms with Gasteiger partial charge in [-0.05, 0) is 61.1 Å². The summed E-state index contributed by atoms with van der Waals surface area (Å²) < 4.78 is 6.19. The van der Waals surface area contributed by atoms with Crippen LogP contribution in [0.2, 0.25) is 0 Å². The minimum absolute atomic E-state index is 0.0729. The number of methoxy groups -OCH3 is 1. The molecule has 0 spiro atoms. The van der Waals surface area contributed by atoms with Crippen molar-refractivity contribution in [3.05, 3.63) is 91.9 Å². The molecule has 2 aromatic carbocycles. The summed E-state index contributed by atoms with van der Waals surface area (Å²) in [6.45, 7) is 10.7. The average Bonchev–Trinajstić information content (AvgIpc) is 3.13. The summed E-state index contributed by atoms with van der Waals surface area (Å²) in [5.74, 6) is -0.596. The second-order valence-corrected chi connectivity index (χ2v) is 7.86. The Morgan fingerprint density at radius 2 is 1.45 bits per heavy atom. The van der Waals surface area contributed by atoms with Gasteiger partial charge in [0.2, 0.25) is 5.91 Å². The molecule has 3 N–H and O–H groups in total. The number of esters is 1. The van der Waals surface area contributed by atoms with Crippen LogP contribution in [0.4, 0.5) is 0 Å². The topological polar surface area (TPSA) is 105 Å². The number of carbonyl (C=O) groups is 2. The number of hydrogen-bond donors (Lipinski definition) is 3. The van der Waals surface area contributed by atoms with Crippen molar-refractivity contribution >= 4 is 11.9 Å². The Labute approximate surface area is 193 Å². The minimum Gasteiger partial charge on any atom is -0.464 e. The van der Waals surface area contributed by atoms with Crippen LogP contribution in [-0.4, -0.2) is 28.8 Å². The Morgan fingerprint density at radius 3 is 1.94 bits per heavy atom. The van der Waals surface area contributed by atoms with Gasteiger partial charge in [0.25, 0.3) is 5.56 Å². The van der Waals surface area contributed by atoms with E-state index in [1.165, 1.54) is 41.5 Å². The van der Waals surface area contributed by atoms with Gasteiger partial charge in [-0.2, -0.15) is 0 Å². The normalized spacial score (nSPS) is 10.2. The highest BCUT2D eigenvalue weighted by atomic mass is 16.5. The molecule has 0 unspecified atom stereocenters. The molecular weight excluding hydrogens is 420 g/mol. The summed E-state index contributed by atoms with van der Waals surface area (Å²) in [4.78, 5) is 33.6. The third-order valence-electron chi connectivity index (χ3n) is 5.33. The number of benzene rings is 2. The number of H-pyrrole nitrogens is 1. The third kappa shape index (κ3) is 7.18. The van der Waals surface area contributed by atoms with Gasteiger partial charge in [-0.3, -0.25) is 24.8 Å². The highest BCUT2D eigenvalue weighted by Crippen LogP contribution is 2.15. The fourth-order valence-electron chi connectivity index (χ4n) is 3.47. The molecule has 0 saturated heterocycles. The lowest BCUT2D eigenvalue weighted by atomic mass is 10.0. The number of hydrogen-bond acceptors (Lipinski definition) is 5. The Balaban J connectivity index is 0.000000245. The van der Waals surface area contributed by atoms with Gasteiger partial charge >= 0.3 is 5.97 Å². The lowest BCUT2D eigenvalue weighted by Gasteiger charge is -2.12. The SMILES string of the molecule is CC(=O)NNCc1c(C)cccc1C.COC(=O)c1cc(=O)[nH]n1Cc1c(C)cccc1C. The molecule has 8 nitrogen and oxygen atoms in total. The van der Waals surface area contributed by atoms with Crippen LogP contribution in [-0.2, 0) is 22.6 Å². The van der Waals surface area contributed by atoms with Crippen LogP contribution in [0.1, 0.15) is 50.8 Å². The van der Waals surface area contributed by atoms with Crippen LogP contribution in [0.25, 0.3) is 0 Å². The number of nitrogens with zero attached hydrogens (tertiary/aromatic N) is 1. The second-order valence-electron chi connectivity index (χ2n) is 7.86. The quantitative estimate of drug-likeness (QED) is 0.394. The highest BCUT2D eigenvalue weighted by Gasteiger charge is 2.15. The fourth-order valence-corrected chi connectivity index (χ4v) is 3.47. The first-order valence-corrected chi connectivity index (χ1v) is 10.6. The number of carbonyl (C=O) groups excluding carboxylic acids is 2. The van der Waals surface area contributed by atoms with Crippen molar-refractivity contribution in [2.75, 3.05) is 7.11 Å². The number of aromatic amines is 1. The first kappa shape index (κ1) is 25.6. The van der Waals surface area contributed by atoms with Crippen LogP contribution in [0.3, 0.4) is 0 Å². The zero-order valence-corrected chi connectivity index (χ0v) is 20.0. The van der Waals surface area contributed by atoms with Crippen LogP contribution in [0.15, 0.2) is 47.3 Å². The smallest absolute Gasteiger partial charge is 0.356 e. The molecule has 1 amide bonds. The molecule has 0 bridgehead atoms. The molecule has 0 atom stereocenters. The molecule has 0 saturated carbocycles. The molecule has 8 heteroatoms. The first-order chi connectivity index (χ1) is 15.6. The van der Waals surface area contributed by atoms with E-state index < -0.39 is 5.97 Å². The van der Waals surface area contributed by atoms with Gasteiger partial charge in [0, 0.05) is 19.5 Å². The molecule has 0 fully saturated rings. The standard InChI is InChI=1S/C14H16N2O3.C11H16N2O/c1-9-5-4-6-10(2)11(9)8-16-12(14(18)19-3)7-13(17)15-16;1-8-5-4-6-9(2)11(8)7-12-13-10(3)14/h4-7H,8H2,1-3H3,(H,15,17);4-6,12H,7H2,1-3H3,(H,13,14). The van der Waals surface area contributed by atoms with Crippen LogP contribution >= 0.6 is 0 Å². The molecule has 3 rings (SSSR count). The number of hydrazine groups is 1. The van der Waals surface area contributed by atoms with Gasteiger partial charge in [0.15, 0.2) is 0 Å². The fraction of sp³-hybridized carbons (Fsp3) is 0.320. The number of ether oxygens (including phenoxy) is 1. The maximum absolute atomic E-state index is 11.6. The van der Waals surface area contributed by atoms with Crippen LogP contribution in [0, 0.1) is 27.7 Å². The van der Waals surface area contributed by atoms with E-state index in [-0.39, 0.29) is 17.2 Å². The zero-order chi connectivity index (χ0) is 24.5. The predicted octanol–water partition coefficient (Wildman–Crippen LogP) is 3.07. The van der Waals surface area contributed by atoms with E-state index in [1.807, 2.05) is 38.1 Å². The van der Waals surface area contributed by atoms with Crippen LogP contribution in [0.5, 0.6) is 0 Å². The molecule has 176 valence electrons. The Bertz CT molecular complexity index is 1140. The lowest BCUT2D eigenvalue weighted by molar-refractivity contribution is -0.119. The number of amides is 1. The van der Waals surface area contributed by atoms with E-state index in [2.05, 4.69) is 46.7 Å². The number of aromatic nitrogens is 2. The summed E-state index contributed by atoms with van der Waals surface area (Å²) in [7, 11) is 1.29. The van der Waals surface area contributed by atoms with Gasteiger partial charge in [-0.15, -0.1) is 0 Å². The third-order valence-corrected chi connectivity index (χ3v) is 5.33. The van der Waals surface area contributed by atoms with E-state index >= 15 is 0 Å². The minimum atomic E-state index is -0.524. The number of rotatable bonds is 6. The summed E-state index contributed by atoms with van der Waals surface area (Å²) >= 11 is 0. The van der Waals surface area contributed by atoms with E-state index in [4.69, 9.17) is 0 Å². The highest BCUT2D eigenvalue weighted by molar-refractivity contribution is 5.87. The molecule has 3 aromatic rings. The van der Waals surface area contributed by atoms with Crippen molar-refractivity contribution in [3.8, 4) is 0 Å². The molecule has 1 heterocycles. The van der Waals surface area contributed by atoms with Crippen molar-refractivity contribution in [2.45, 2.75) is 47.7 Å². The number of nitrogens with one attached hydrogen (secondary N) is 3. The Hall–Kier alpha value is -3.65. The number of aryl methyl sites for hydroxylation is 4. The van der Waals surface area contributed by atoms with Crippen molar-refractivity contribution in [2.24, 2.45) is 0 Å². The summed E-state index contributed by atoms with van der Waals surface area (Å²) in [5, 5.41) is 2.62. The summed E-state index contributed by atoms with van der Waals surface area (Å²) in [6, 6.07) is 13.4. The maximum atomic E-state index is 11.6. The van der Waals surface area contributed by atoms with E-state index in [0.29, 0.717) is 13.1 Å². The average molecular weight is 453 g/mol.